The van der Waals surface area contributed by atoms with Crippen LogP contribution in [-0.4, -0.2) is 13.0 Å². The van der Waals surface area contributed by atoms with Crippen molar-refractivity contribution in [3.8, 4) is 0 Å². The lowest BCUT2D eigenvalue weighted by Crippen LogP contribution is -2.29. The van der Waals surface area contributed by atoms with Crippen LogP contribution in [0.1, 0.15) is 32.6 Å². The second-order valence-electron chi connectivity index (χ2n) is 3.32. The van der Waals surface area contributed by atoms with Crippen LogP contribution in [0.4, 0.5) is 0 Å². The van der Waals surface area contributed by atoms with Gasteiger partial charge in [0.05, 0.1) is 0 Å². The molecule has 0 aromatic carbocycles. The van der Waals surface area contributed by atoms with E-state index >= 15 is 0 Å². The zero-order valence-corrected chi connectivity index (χ0v) is 7.39. The predicted molar refractivity (Wildman–Crippen MR) is 45.2 cm³/mol. The third kappa shape index (κ3) is 1.73. The fourth-order valence-corrected chi connectivity index (χ4v) is 2.06. The van der Waals surface area contributed by atoms with Crippen LogP contribution in [0.25, 0.3) is 0 Å². The van der Waals surface area contributed by atoms with Gasteiger partial charge in [-0.25, -0.2) is 0 Å². The Balaban J connectivity index is 2.49. The van der Waals surface area contributed by atoms with E-state index in [0.717, 1.165) is 12.8 Å². The molecule has 1 aliphatic rings. The van der Waals surface area contributed by atoms with Gasteiger partial charge in [0.2, 0.25) is 5.91 Å². The van der Waals surface area contributed by atoms with Crippen LogP contribution in [0.15, 0.2) is 0 Å². The Morgan fingerprint density at radius 3 is 2.82 bits per heavy atom. The lowest BCUT2D eigenvalue weighted by molar-refractivity contribution is -0.125. The van der Waals surface area contributed by atoms with Crippen LogP contribution < -0.4 is 5.32 Å². The molecular formula is C9H17NO. The number of rotatable bonds is 2. The lowest BCUT2D eigenvalue weighted by Gasteiger charge is -2.15. The van der Waals surface area contributed by atoms with Gasteiger partial charge in [0.15, 0.2) is 0 Å². The molecule has 1 saturated carbocycles. The maximum atomic E-state index is 11.3. The first-order valence-electron chi connectivity index (χ1n) is 4.51. The van der Waals surface area contributed by atoms with Crippen molar-refractivity contribution < 1.29 is 4.79 Å². The molecule has 2 heteroatoms. The van der Waals surface area contributed by atoms with Gasteiger partial charge in [-0.1, -0.05) is 19.8 Å². The van der Waals surface area contributed by atoms with E-state index in [1.165, 1.54) is 12.8 Å². The summed E-state index contributed by atoms with van der Waals surface area (Å²) in [5.74, 6) is 1.20. The summed E-state index contributed by atoms with van der Waals surface area (Å²) >= 11 is 0. The topological polar surface area (TPSA) is 29.1 Å². The van der Waals surface area contributed by atoms with Crippen molar-refractivity contribution in [2.24, 2.45) is 11.8 Å². The third-order valence-corrected chi connectivity index (χ3v) is 2.77. The highest BCUT2D eigenvalue weighted by molar-refractivity contribution is 5.78. The number of carbonyl (C=O) groups is 1. The Labute approximate surface area is 68.4 Å². The van der Waals surface area contributed by atoms with Gasteiger partial charge in [-0.15, -0.1) is 0 Å². The molecule has 1 amide bonds. The van der Waals surface area contributed by atoms with Crippen molar-refractivity contribution in [2.45, 2.75) is 32.6 Å². The number of hydrogen-bond donors (Lipinski definition) is 1. The van der Waals surface area contributed by atoms with Crippen molar-refractivity contribution in [1.29, 1.82) is 0 Å². The van der Waals surface area contributed by atoms with Gasteiger partial charge < -0.3 is 5.32 Å². The monoisotopic (exact) mass is 155 g/mol. The summed E-state index contributed by atoms with van der Waals surface area (Å²) in [5.41, 5.74) is 0. The molecule has 2 nitrogen and oxygen atoms in total. The van der Waals surface area contributed by atoms with Crippen molar-refractivity contribution in [1.82, 2.24) is 5.32 Å². The number of nitrogens with one attached hydrogen (secondary N) is 1. The molecule has 0 heterocycles. The molecule has 0 aliphatic heterocycles. The molecule has 1 fully saturated rings. The molecule has 1 N–H and O–H groups in total. The highest BCUT2D eigenvalue weighted by Gasteiger charge is 2.30. The summed E-state index contributed by atoms with van der Waals surface area (Å²) < 4.78 is 0. The van der Waals surface area contributed by atoms with Gasteiger partial charge in [0.1, 0.15) is 0 Å². The van der Waals surface area contributed by atoms with Gasteiger partial charge in [0.25, 0.3) is 0 Å². The Kier molecular flexibility index (Phi) is 2.92. The van der Waals surface area contributed by atoms with Gasteiger partial charge in [-0.2, -0.15) is 0 Å². The normalized spacial score (nSPS) is 30.4. The summed E-state index contributed by atoms with van der Waals surface area (Å²) in [6.07, 6.45) is 4.72. The maximum Gasteiger partial charge on any atom is 0.223 e. The average Bonchev–Trinajstić information content (AvgIpc) is 2.50. The van der Waals surface area contributed by atoms with Crippen LogP contribution in [0.5, 0.6) is 0 Å². The zero-order valence-electron chi connectivity index (χ0n) is 7.39. The Morgan fingerprint density at radius 2 is 2.27 bits per heavy atom. The molecule has 0 aromatic rings. The summed E-state index contributed by atoms with van der Waals surface area (Å²) in [5, 5.41) is 2.73. The first kappa shape index (κ1) is 8.57. The second kappa shape index (κ2) is 3.74. The first-order chi connectivity index (χ1) is 5.29. The highest BCUT2D eigenvalue weighted by atomic mass is 16.1. The summed E-state index contributed by atoms with van der Waals surface area (Å²) in [6.45, 7) is 2.17. The minimum atomic E-state index is 0.245. The largest absolute Gasteiger partial charge is 0.359 e. The molecule has 2 atom stereocenters. The SMILES string of the molecule is CCC1CCCC1C(=O)NC. The number of amides is 1. The smallest absolute Gasteiger partial charge is 0.223 e. The van der Waals surface area contributed by atoms with Gasteiger partial charge in [-0.3, -0.25) is 4.79 Å². The van der Waals surface area contributed by atoms with E-state index < -0.39 is 0 Å². The Hall–Kier alpha value is -0.530. The van der Waals surface area contributed by atoms with Crippen molar-refractivity contribution in [3.05, 3.63) is 0 Å². The molecule has 1 rings (SSSR count). The molecule has 0 bridgehead atoms. The van der Waals surface area contributed by atoms with Gasteiger partial charge in [0, 0.05) is 13.0 Å². The molecule has 0 aromatic heterocycles. The first-order valence-corrected chi connectivity index (χ1v) is 4.51. The molecule has 2 unspecified atom stereocenters. The molecular weight excluding hydrogens is 138 g/mol. The molecule has 0 spiro atoms. The summed E-state index contributed by atoms with van der Waals surface area (Å²) in [4.78, 5) is 11.3. The minimum absolute atomic E-state index is 0.245. The second-order valence-corrected chi connectivity index (χ2v) is 3.32. The number of hydrogen-bond acceptors (Lipinski definition) is 1. The summed E-state index contributed by atoms with van der Waals surface area (Å²) in [6, 6.07) is 0. The van der Waals surface area contributed by atoms with E-state index in [1.54, 1.807) is 7.05 Å². The van der Waals surface area contributed by atoms with Crippen LogP contribution in [0.3, 0.4) is 0 Å². The van der Waals surface area contributed by atoms with E-state index in [2.05, 4.69) is 12.2 Å². The van der Waals surface area contributed by atoms with Crippen LogP contribution in [0.2, 0.25) is 0 Å². The van der Waals surface area contributed by atoms with Crippen LogP contribution >= 0.6 is 0 Å². The lowest BCUT2D eigenvalue weighted by atomic mass is 9.93. The zero-order chi connectivity index (χ0) is 8.27. The number of carbonyl (C=O) groups excluding carboxylic acids is 1. The molecule has 1 aliphatic carbocycles. The van der Waals surface area contributed by atoms with E-state index in [0.29, 0.717) is 11.8 Å². The van der Waals surface area contributed by atoms with Crippen molar-refractivity contribution in [2.75, 3.05) is 7.05 Å². The van der Waals surface area contributed by atoms with E-state index in [-0.39, 0.29) is 5.91 Å². The third-order valence-electron chi connectivity index (χ3n) is 2.77. The van der Waals surface area contributed by atoms with Gasteiger partial charge in [-0.05, 0) is 18.8 Å². The van der Waals surface area contributed by atoms with E-state index in [9.17, 15) is 4.79 Å². The fourth-order valence-electron chi connectivity index (χ4n) is 2.06. The van der Waals surface area contributed by atoms with Crippen LogP contribution in [-0.2, 0) is 4.79 Å². The Bertz CT molecular complexity index is 144. The van der Waals surface area contributed by atoms with E-state index in [1.807, 2.05) is 0 Å². The summed E-state index contributed by atoms with van der Waals surface area (Å²) in [7, 11) is 1.73. The highest BCUT2D eigenvalue weighted by Crippen LogP contribution is 2.33. The predicted octanol–water partition coefficient (Wildman–Crippen LogP) is 1.56. The van der Waals surface area contributed by atoms with Gasteiger partial charge >= 0.3 is 0 Å². The molecule has 0 saturated heterocycles. The Morgan fingerprint density at radius 1 is 1.55 bits per heavy atom. The fraction of sp³-hybridized carbons (Fsp3) is 0.889. The molecule has 64 valence electrons. The quantitative estimate of drug-likeness (QED) is 0.644. The van der Waals surface area contributed by atoms with Crippen molar-refractivity contribution >= 4 is 5.91 Å². The minimum Gasteiger partial charge on any atom is -0.359 e. The molecule has 11 heavy (non-hydrogen) atoms. The van der Waals surface area contributed by atoms with Crippen molar-refractivity contribution in [3.63, 3.8) is 0 Å². The van der Waals surface area contributed by atoms with Crippen LogP contribution in [0, 0.1) is 11.8 Å². The maximum absolute atomic E-state index is 11.3. The average molecular weight is 155 g/mol. The molecule has 0 radical (unpaired) electrons. The standard InChI is InChI=1S/C9H17NO/c1-3-7-5-4-6-8(7)9(11)10-2/h7-8H,3-6H2,1-2H3,(H,10,11). The van der Waals surface area contributed by atoms with E-state index in [4.69, 9.17) is 0 Å².